The van der Waals surface area contributed by atoms with E-state index in [2.05, 4.69) is 6.92 Å². The first-order valence-corrected chi connectivity index (χ1v) is 10.6. The van der Waals surface area contributed by atoms with Crippen LogP contribution in [0.25, 0.3) is 0 Å². The van der Waals surface area contributed by atoms with Crippen molar-refractivity contribution in [2.24, 2.45) is 0 Å². The van der Waals surface area contributed by atoms with Gasteiger partial charge < -0.3 is 42.0 Å². The molecule has 136 valence electrons. The summed E-state index contributed by atoms with van der Waals surface area (Å²) < 4.78 is 19.3. The van der Waals surface area contributed by atoms with Crippen molar-refractivity contribution in [3.05, 3.63) is 0 Å². The van der Waals surface area contributed by atoms with Crippen LogP contribution in [0.5, 0.6) is 0 Å². The quantitative estimate of drug-likeness (QED) is 0.166. The predicted octanol–water partition coefficient (Wildman–Crippen LogP) is 0.630. The van der Waals surface area contributed by atoms with E-state index in [0.717, 1.165) is 12.8 Å². The number of rotatable bonds is 7. The molecule has 0 saturated carbocycles. The standard InChI is InChI=1S/C8H19O3P.Ca.H3O4P.H3O3P.2H/c1-2-3-4-5-6-7-8-12(9,10)11;;1-5(2,3)4;1-4(2)3;;/h2-8H2,1H3,(H2,9,10,11);;(H3,1,2,3,4);1-3H;;/q;+2;;;2*-1. The molecule has 0 aromatic heterocycles. The molecule has 0 aromatic rings. The summed E-state index contributed by atoms with van der Waals surface area (Å²) in [4.78, 5) is 60.3. The van der Waals surface area contributed by atoms with E-state index in [9.17, 15) is 4.57 Å². The number of unbranched alkanes of at least 4 members (excludes halogenated alkanes) is 5. The van der Waals surface area contributed by atoms with Crippen molar-refractivity contribution in [2.75, 3.05) is 6.16 Å². The van der Waals surface area contributed by atoms with Gasteiger partial charge in [-0.15, -0.1) is 0 Å². The van der Waals surface area contributed by atoms with Gasteiger partial charge >= 0.3 is 61.8 Å². The van der Waals surface area contributed by atoms with Gasteiger partial charge in [0.15, 0.2) is 0 Å². The molecule has 8 N–H and O–H groups in total. The van der Waals surface area contributed by atoms with Crippen LogP contribution in [0.4, 0.5) is 0 Å². The molecule has 0 aromatic carbocycles. The summed E-state index contributed by atoms with van der Waals surface area (Å²) in [6, 6.07) is 0. The SMILES string of the molecule is CCCCCCCCP(=O)(O)O.O=P(O)(O)O.OP(O)O.[Ca+2].[H-].[H-]. The molecule has 14 heteroatoms. The molecule has 0 fully saturated rings. The minimum Gasteiger partial charge on any atom is -1.00 e. The summed E-state index contributed by atoms with van der Waals surface area (Å²) in [5.41, 5.74) is 0. The van der Waals surface area contributed by atoms with Crippen molar-refractivity contribution in [3.8, 4) is 0 Å². The maximum absolute atomic E-state index is 10.4. The Balaban J connectivity index is -0.0000000575. The van der Waals surface area contributed by atoms with E-state index in [4.69, 9.17) is 43.7 Å². The van der Waals surface area contributed by atoms with Gasteiger partial charge in [0.1, 0.15) is 0 Å². The first-order chi connectivity index (χ1) is 9.29. The molecule has 0 rings (SSSR count). The van der Waals surface area contributed by atoms with Crippen LogP contribution in [-0.4, -0.2) is 83.0 Å². The van der Waals surface area contributed by atoms with E-state index in [1.807, 2.05) is 0 Å². The van der Waals surface area contributed by atoms with Crippen LogP contribution in [0.1, 0.15) is 48.3 Å². The Morgan fingerprint density at radius 3 is 1.36 bits per heavy atom. The van der Waals surface area contributed by atoms with Gasteiger partial charge in [-0.05, 0) is 6.42 Å². The zero-order valence-electron chi connectivity index (χ0n) is 14.4. The van der Waals surface area contributed by atoms with Crippen LogP contribution in [0.15, 0.2) is 0 Å². The number of hydrogen-bond acceptors (Lipinski definition) is 5. The summed E-state index contributed by atoms with van der Waals surface area (Å²) in [5, 5.41) is 0. The minimum atomic E-state index is -4.64. The molecule has 0 saturated heterocycles. The van der Waals surface area contributed by atoms with Crippen molar-refractivity contribution in [2.45, 2.75) is 45.4 Å². The molecule has 0 heterocycles. The first-order valence-electron chi connectivity index (χ1n) is 5.99. The van der Waals surface area contributed by atoms with Gasteiger partial charge in [0.2, 0.25) is 0 Å². The molecule has 0 atom stereocenters. The van der Waals surface area contributed by atoms with Crippen molar-refractivity contribution >= 4 is 61.8 Å². The summed E-state index contributed by atoms with van der Waals surface area (Å²) in [6.45, 7) is 2.15. The molecule has 0 radical (unpaired) electrons. The number of hydrogen-bond donors (Lipinski definition) is 8. The van der Waals surface area contributed by atoms with Gasteiger partial charge in [-0.25, -0.2) is 4.57 Å². The zero-order chi connectivity index (χ0) is 17.5. The Kier molecular flexibility index (Phi) is 27.5. The summed E-state index contributed by atoms with van der Waals surface area (Å²) in [5.74, 6) is 0. The van der Waals surface area contributed by atoms with Gasteiger partial charge in [-0.3, -0.25) is 4.57 Å². The maximum Gasteiger partial charge on any atom is 2.00 e. The van der Waals surface area contributed by atoms with E-state index in [0.29, 0.717) is 6.42 Å². The Labute approximate surface area is 164 Å². The second-order valence-corrected chi connectivity index (χ2v) is 7.28. The second kappa shape index (κ2) is 19.2. The summed E-state index contributed by atoms with van der Waals surface area (Å²) in [6.07, 6.45) is 6.40. The van der Waals surface area contributed by atoms with E-state index >= 15 is 0 Å². The Morgan fingerprint density at radius 1 is 0.818 bits per heavy atom. The molecule has 0 bridgehead atoms. The van der Waals surface area contributed by atoms with E-state index < -0.39 is 24.0 Å². The number of phosphoric acid groups is 1. The Morgan fingerprint density at radius 2 is 1.09 bits per heavy atom. The van der Waals surface area contributed by atoms with Crippen LogP contribution in [0.3, 0.4) is 0 Å². The van der Waals surface area contributed by atoms with Crippen molar-refractivity contribution in [3.63, 3.8) is 0 Å². The fourth-order valence-corrected chi connectivity index (χ4v) is 1.73. The zero-order valence-corrected chi connectivity index (χ0v) is 17.3. The fraction of sp³-hybridized carbons (Fsp3) is 1.00. The molecule has 22 heavy (non-hydrogen) atoms. The van der Waals surface area contributed by atoms with Crippen LogP contribution in [-0.2, 0) is 9.13 Å². The minimum absolute atomic E-state index is 0. The fourth-order valence-electron chi connectivity index (χ4n) is 1.10. The third-order valence-corrected chi connectivity index (χ3v) is 2.70. The van der Waals surface area contributed by atoms with Gasteiger partial charge in [0.05, 0.1) is 0 Å². The second-order valence-electron chi connectivity index (χ2n) is 3.94. The van der Waals surface area contributed by atoms with Crippen LogP contribution in [0, 0.1) is 0 Å². The van der Waals surface area contributed by atoms with Gasteiger partial charge in [-0.2, -0.15) is 0 Å². The summed E-state index contributed by atoms with van der Waals surface area (Å²) in [7, 11) is -11.0. The molecule has 0 aliphatic carbocycles. The largest absolute Gasteiger partial charge is 2.00 e. The average molecular weight is 416 g/mol. The smallest absolute Gasteiger partial charge is 1.00 e. The van der Waals surface area contributed by atoms with Gasteiger partial charge in [0, 0.05) is 6.16 Å². The Bertz CT molecular complexity index is 303. The molecule has 0 aliphatic heterocycles. The summed E-state index contributed by atoms with van der Waals surface area (Å²) >= 11 is 0. The average Bonchev–Trinajstić information content (AvgIpc) is 2.18. The van der Waals surface area contributed by atoms with E-state index in [1.165, 1.54) is 19.3 Å². The third kappa shape index (κ3) is 80.8. The molecule has 0 aliphatic rings. The molecule has 0 unspecified atom stereocenters. The molecule has 10 nitrogen and oxygen atoms in total. The van der Waals surface area contributed by atoms with Crippen LogP contribution >= 0.6 is 24.0 Å². The van der Waals surface area contributed by atoms with E-state index in [-0.39, 0.29) is 46.8 Å². The van der Waals surface area contributed by atoms with Gasteiger partial charge in [0.25, 0.3) is 0 Å². The van der Waals surface area contributed by atoms with Crippen LogP contribution < -0.4 is 0 Å². The van der Waals surface area contributed by atoms with Crippen molar-refractivity contribution in [1.29, 1.82) is 0 Å². The third-order valence-electron chi connectivity index (χ3n) is 1.80. The normalized spacial score (nSPS) is 10.8. The topological polar surface area (TPSA) is 196 Å². The Hall–Kier alpha value is 1.83. The van der Waals surface area contributed by atoms with Crippen molar-refractivity contribution < 1.29 is 51.1 Å². The predicted molar refractivity (Wildman–Crippen MR) is 86.1 cm³/mol. The molecular weight excluding hydrogens is 389 g/mol. The molecule has 0 spiro atoms. The monoisotopic (exact) mass is 416 g/mol. The first kappa shape index (κ1) is 31.6. The molecular formula is C8H27CaO10P3. The van der Waals surface area contributed by atoms with Crippen LogP contribution in [0.2, 0.25) is 0 Å². The van der Waals surface area contributed by atoms with E-state index in [1.54, 1.807) is 0 Å². The van der Waals surface area contributed by atoms with Crippen molar-refractivity contribution in [1.82, 2.24) is 0 Å². The van der Waals surface area contributed by atoms with Gasteiger partial charge in [-0.1, -0.05) is 39.0 Å². The maximum atomic E-state index is 10.4. The molecule has 0 amide bonds.